The highest BCUT2D eigenvalue weighted by molar-refractivity contribution is 6.18. The lowest BCUT2D eigenvalue weighted by molar-refractivity contribution is -0.120. The van der Waals surface area contributed by atoms with Gasteiger partial charge in [0.2, 0.25) is 11.6 Å². The highest BCUT2D eigenvalue weighted by Crippen LogP contribution is 2.13. The van der Waals surface area contributed by atoms with E-state index in [4.69, 9.17) is 18.9 Å². The standard InChI is InChI=1S/C12H16O6/c1-15-3-5-17-11-7-10(14)12(8-9(11)13)18-6-4-16-2/h7-8H,3-6H2,1-2H3. The Morgan fingerprint density at radius 2 is 1.17 bits per heavy atom. The van der Waals surface area contributed by atoms with Gasteiger partial charge in [-0.05, 0) is 0 Å². The van der Waals surface area contributed by atoms with Crippen molar-refractivity contribution in [2.75, 3.05) is 40.6 Å². The van der Waals surface area contributed by atoms with E-state index < -0.39 is 11.6 Å². The highest BCUT2D eigenvalue weighted by atomic mass is 16.5. The molecule has 0 spiro atoms. The van der Waals surface area contributed by atoms with Gasteiger partial charge in [-0.1, -0.05) is 0 Å². The molecule has 1 aliphatic carbocycles. The molecule has 0 atom stereocenters. The first-order valence-electron chi connectivity index (χ1n) is 5.44. The number of ketones is 2. The van der Waals surface area contributed by atoms with Gasteiger partial charge in [0.15, 0.2) is 11.5 Å². The van der Waals surface area contributed by atoms with Crippen LogP contribution in [-0.4, -0.2) is 52.2 Å². The Morgan fingerprint density at radius 3 is 1.50 bits per heavy atom. The van der Waals surface area contributed by atoms with Crippen molar-refractivity contribution in [2.24, 2.45) is 0 Å². The van der Waals surface area contributed by atoms with Crippen molar-refractivity contribution in [3.63, 3.8) is 0 Å². The second-order valence-electron chi connectivity index (χ2n) is 3.43. The van der Waals surface area contributed by atoms with Gasteiger partial charge in [0, 0.05) is 26.4 Å². The lowest BCUT2D eigenvalue weighted by Crippen LogP contribution is -2.19. The molecule has 0 unspecified atom stereocenters. The molecule has 0 N–H and O–H groups in total. The maximum absolute atomic E-state index is 11.6. The Hall–Kier alpha value is -1.66. The van der Waals surface area contributed by atoms with Crippen LogP contribution in [0.2, 0.25) is 0 Å². The quantitative estimate of drug-likeness (QED) is 0.457. The number of carbonyl (C=O) groups excluding carboxylic acids is 2. The molecule has 6 nitrogen and oxygen atoms in total. The number of ether oxygens (including phenoxy) is 4. The van der Waals surface area contributed by atoms with E-state index >= 15 is 0 Å². The van der Waals surface area contributed by atoms with Crippen LogP contribution in [0.1, 0.15) is 0 Å². The third-order valence-corrected chi connectivity index (χ3v) is 2.10. The summed E-state index contributed by atoms with van der Waals surface area (Å²) >= 11 is 0. The Balaban J connectivity index is 2.51. The fourth-order valence-electron chi connectivity index (χ4n) is 1.22. The van der Waals surface area contributed by atoms with E-state index in [1.807, 2.05) is 0 Å². The van der Waals surface area contributed by atoms with Crippen LogP contribution in [0.3, 0.4) is 0 Å². The molecule has 0 aromatic carbocycles. The zero-order chi connectivity index (χ0) is 13.4. The minimum atomic E-state index is -0.391. The highest BCUT2D eigenvalue weighted by Gasteiger charge is 2.22. The van der Waals surface area contributed by atoms with Crippen molar-refractivity contribution in [3.8, 4) is 0 Å². The summed E-state index contributed by atoms with van der Waals surface area (Å²) in [7, 11) is 3.04. The molecule has 18 heavy (non-hydrogen) atoms. The average Bonchev–Trinajstić information content (AvgIpc) is 2.35. The van der Waals surface area contributed by atoms with Gasteiger partial charge in [-0.15, -0.1) is 0 Å². The van der Waals surface area contributed by atoms with Gasteiger partial charge in [-0.3, -0.25) is 9.59 Å². The van der Waals surface area contributed by atoms with Crippen LogP contribution in [0.15, 0.2) is 23.7 Å². The normalized spacial score (nSPS) is 15.2. The van der Waals surface area contributed by atoms with Crippen molar-refractivity contribution in [1.82, 2.24) is 0 Å². The third-order valence-electron chi connectivity index (χ3n) is 2.10. The van der Waals surface area contributed by atoms with Crippen molar-refractivity contribution in [2.45, 2.75) is 0 Å². The molecule has 0 bridgehead atoms. The fourth-order valence-corrected chi connectivity index (χ4v) is 1.22. The molecule has 1 rings (SSSR count). The maximum atomic E-state index is 11.6. The van der Waals surface area contributed by atoms with Crippen LogP contribution in [-0.2, 0) is 28.5 Å². The van der Waals surface area contributed by atoms with E-state index in [0.717, 1.165) is 12.2 Å². The molecule has 0 saturated carbocycles. The number of hydrogen-bond acceptors (Lipinski definition) is 6. The first-order valence-corrected chi connectivity index (χ1v) is 5.44. The van der Waals surface area contributed by atoms with Crippen LogP contribution < -0.4 is 0 Å². The van der Waals surface area contributed by atoms with Crippen LogP contribution in [0.4, 0.5) is 0 Å². The van der Waals surface area contributed by atoms with Gasteiger partial charge >= 0.3 is 0 Å². The Bertz CT molecular complexity index is 333. The minimum Gasteiger partial charge on any atom is -0.487 e. The van der Waals surface area contributed by atoms with Crippen molar-refractivity contribution in [3.05, 3.63) is 23.7 Å². The van der Waals surface area contributed by atoms with E-state index in [0.29, 0.717) is 13.2 Å². The number of hydrogen-bond donors (Lipinski definition) is 0. The van der Waals surface area contributed by atoms with Crippen LogP contribution >= 0.6 is 0 Å². The van der Waals surface area contributed by atoms with Crippen molar-refractivity contribution < 1.29 is 28.5 Å². The molecular formula is C12H16O6. The molecule has 100 valence electrons. The molecular weight excluding hydrogens is 240 g/mol. The first kappa shape index (κ1) is 14.4. The smallest absolute Gasteiger partial charge is 0.224 e. The number of rotatable bonds is 8. The summed E-state index contributed by atoms with van der Waals surface area (Å²) in [6.45, 7) is 1.13. The van der Waals surface area contributed by atoms with E-state index in [1.165, 1.54) is 14.2 Å². The molecule has 0 radical (unpaired) electrons. The maximum Gasteiger partial charge on any atom is 0.224 e. The SMILES string of the molecule is COCCOC1=CC(=O)C(OCCOC)=CC1=O. The summed E-state index contributed by atoms with van der Waals surface area (Å²) < 4.78 is 19.8. The number of methoxy groups -OCH3 is 2. The summed E-state index contributed by atoms with van der Waals surface area (Å²) in [6.07, 6.45) is 2.25. The zero-order valence-corrected chi connectivity index (χ0v) is 10.4. The summed E-state index contributed by atoms with van der Waals surface area (Å²) in [6, 6.07) is 0. The van der Waals surface area contributed by atoms with Crippen molar-refractivity contribution in [1.29, 1.82) is 0 Å². The first-order chi connectivity index (χ1) is 8.69. The molecule has 0 fully saturated rings. The lowest BCUT2D eigenvalue weighted by atomic mass is 10.1. The second kappa shape index (κ2) is 7.62. The largest absolute Gasteiger partial charge is 0.487 e. The molecule has 0 heterocycles. The van der Waals surface area contributed by atoms with E-state index in [1.54, 1.807) is 0 Å². The molecule has 0 aromatic heterocycles. The Kier molecular flexibility index (Phi) is 6.10. The molecule has 0 aliphatic heterocycles. The van der Waals surface area contributed by atoms with Gasteiger partial charge in [-0.2, -0.15) is 0 Å². The predicted octanol–water partition coefficient (Wildman–Crippen LogP) is 0.232. The second-order valence-corrected chi connectivity index (χ2v) is 3.43. The van der Waals surface area contributed by atoms with Crippen LogP contribution in [0.5, 0.6) is 0 Å². The minimum absolute atomic E-state index is 0.0103. The van der Waals surface area contributed by atoms with Crippen molar-refractivity contribution >= 4 is 11.6 Å². The van der Waals surface area contributed by atoms with Gasteiger partial charge < -0.3 is 18.9 Å². The van der Waals surface area contributed by atoms with Crippen LogP contribution in [0, 0.1) is 0 Å². The predicted molar refractivity (Wildman–Crippen MR) is 61.8 cm³/mol. The van der Waals surface area contributed by atoms with E-state index in [9.17, 15) is 9.59 Å². The summed E-state index contributed by atoms with van der Waals surface area (Å²) in [5, 5.41) is 0. The molecule has 0 amide bonds. The average molecular weight is 256 g/mol. The summed E-state index contributed by atoms with van der Waals surface area (Å²) in [5.74, 6) is -0.761. The van der Waals surface area contributed by atoms with E-state index in [-0.39, 0.29) is 24.7 Å². The van der Waals surface area contributed by atoms with E-state index in [2.05, 4.69) is 0 Å². The molecule has 0 saturated heterocycles. The summed E-state index contributed by atoms with van der Waals surface area (Å²) in [5.41, 5.74) is 0. The monoisotopic (exact) mass is 256 g/mol. The Morgan fingerprint density at radius 1 is 0.778 bits per heavy atom. The molecule has 1 aliphatic rings. The topological polar surface area (TPSA) is 71.1 Å². The lowest BCUT2D eigenvalue weighted by Gasteiger charge is -2.13. The summed E-state index contributed by atoms with van der Waals surface area (Å²) in [4.78, 5) is 23.2. The number of carbonyl (C=O) groups is 2. The number of allylic oxidation sites excluding steroid dienone is 2. The molecule has 0 aromatic rings. The third kappa shape index (κ3) is 4.31. The van der Waals surface area contributed by atoms with Gasteiger partial charge in [0.25, 0.3) is 0 Å². The van der Waals surface area contributed by atoms with Crippen LogP contribution in [0.25, 0.3) is 0 Å². The Labute approximate surface area is 105 Å². The fraction of sp³-hybridized carbons (Fsp3) is 0.500. The zero-order valence-electron chi connectivity index (χ0n) is 10.4. The van der Waals surface area contributed by atoms with Gasteiger partial charge in [0.1, 0.15) is 13.2 Å². The van der Waals surface area contributed by atoms with Gasteiger partial charge in [0.05, 0.1) is 13.2 Å². The van der Waals surface area contributed by atoms with Gasteiger partial charge in [-0.25, -0.2) is 0 Å². The molecule has 6 heteroatoms.